The van der Waals surface area contributed by atoms with Crippen LogP contribution in [-0.2, 0) is 34.4 Å². The van der Waals surface area contributed by atoms with Gasteiger partial charge in [-0.1, -0.05) is 67.5 Å². The summed E-state index contributed by atoms with van der Waals surface area (Å²) in [5, 5.41) is 97.8. The fourth-order valence-electron chi connectivity index (χ4n) is 30.0. The van der Waals surface area contributed by atoms with Gasteiger partial charge < -0.3 is 61.4 Å². The lowest BCUT2D eigenvalue weighted by atomic mass is 9.43. The van der Waals surface area contributed by atoms with Crippen LogP contribution in [0.4, 0.5) is 0 Å². The predicted octanol–water partition coefficient (Wildman–Crippen LogP) is 11.1. The van der Waals surface area contributed by atoms with Crippen LogP contribution in [0.25, 0.3) is 5.69 Å². The van der Waals surface area contributed by atoms with E-state index >= 15 is 4.79 Å². The van der Waals surface area contributed by atoms with Crippen LogP contribution >= 0.6 is 11.8 Å². The van der Waals surface area contributed by atoms with Crippen LogP contribution in [0.2, 0.25) is 0 Å². The number of nitrogens with zero attached hydrogens (tertiary/aromatic N) is 3. The molecule has 1 aromatic carbocycles. The average molecular weight is 1550 g/mol. The Bertz CT molecular complexity index is 3770. The maximum Gasteiger partial charge on any atom is 0.340 e. The SMILES string of the molecule is COC(=O)c1ccc(C(=O)OC)c(-n2nncc2CSC[C@@H]2NC(=O)CC[C@@H](C)[C@H]3CC[C@H]4[C@@H]5[C@H](O)C[C@@H]6C[C@@H](CC[C@]6(C)[C@H]5C[C@H](O)[C@]34C)NC(=O)CC[C@@H](C)[C@H]3CC[C@H]4[C@@H]5[C@H](O)C[C@@H]6C[C@@H](CC[C@]6(C)[C@H]5C[C@H](O)[C@]34C)NC(=O)CC[C@@H](C)[C@H]3CC[C@H]4[C@@H]5[C@H](O)C[C@@H]6C[C@@H](CC[C@]6(C)[C@H]5C[C@H](O)[C@]34C)NC2=O)c1. The maximum atomic E-state index is 15.1. The van der Waals surface area contributed by atoms with Gasteiger partial charge in [0.1, 0.15) is 6.04 Å². The van der Waals surface area contributed by atoms with Crippen LogP contribution in [0.15, 0.2) is 24.4 Å². The van der Waals surface area contributed by atoms with Crippen LogP contribution in [0.1, 0.15) is 262 Å². The number of aliphatic hydroxyl groups excluding tert-OH is 6. The summed E-state index contributed by atoms with van der Waals surface area (Å²) < 4.78 is 11.6. The standard InChI is InChI=1S/C88H133N7O14S/c1-45-12-23-74(102)91-53-27-30-84(5)50(34-53)37-69(97)78-61-22-19-59(88(61,9)72(100)40-64(78)84)47(3)14-25-76(104)93-66(44-110-43-55-42-89-94-95(55)67-32-48(81(106)108-10)15-16-56(67)82(107)109-11)80(105)92-54-28-31-85(6)51(35-54)38-70(98)79-62-21-18-58(87(62,8)73(101)41-65(79)85)46(2)13-24-75(103)90-52-26-29-83(4)49(33-52)36-68(96)77-60-20-17-57(45)86(60,7)71(99)39-63(77)83/h15-16,32,42,45-47,49-54,57-66,68-73,77-79,96-101H,12-14,17-31,33-41,43-44H2,1-11H3,(H,90,103)(H,91,102)(H,92,105)(H,93,104)/t45-,46-,47-,49+,50+,51+,52-,53-,54-,57-,58-,59-,60+,61+,62+,63+,64+,65+,66+,68-,69-,70-,71+,72+,73+,77+,78+,79+,83+,84+,85+,86-,87-,88-/m1/s1. The number of rotatable bonds is 7. The highest BCUT2D eigenvalue weighted by atomic mass is 32.2. The summed E-state index contributed by atoms with van der Waals surface area (Å²) in [7, 11) is 2.54. The van der Waals surface area contributed by atoms with E-state index in [1.54, 1.807) is 6.20 Å². The van der Waals surface area contributed by atoms with Crippen LogP contribution in [0.5, 0.6) is 0 Å². The van der Waals surface area contributed by atoms with Gasteiger partial charge >= 0.3 is 11.9 Å². The van der Waals surface area contributed by atoms with E-state index in [0.717, 1.165) is 89.9 Å². The molecule has 24 bridgehead atoms. The Kier molecular flexibility index (Phi) is 22.5. The van der Waals surface area contributed by atoms with Gasteiger partial charge in [-0.25, -0.2) is 14.3 Å². The van der Waals surface area contributed by atoms with Crippen molar-refractivity contribution in [1.82, 2.24) is 36.3 Å². The Hall–Kier alpha value is -4.71. The molecule has 34 atom stereocenters. The monoisotopic (exact) mass is 1540 g/mol. The van der Waals surface area contributed by atoms with Crippen molar-refractivity contribution in [3.05, 3.63) is 41.2 Å². The van der Waals surface area contributed by atoms with Gasteiger partial charge in [-0.2, -0.15) is 11.8 Å². The van der Waals surface area contributed by atoms with Gasteiger partial charge in [0, 0.05) is 48.9 Å². The number of amides is 4. The summed E-state index contributed by atoms with van der Waals surface area (Å²) in [6, 6.07) is 3.27. The summed E-state index contributed by atoms with van der Waals surface area (Å²) in [6.45, 7) is 20.8. The van der Waals surface area contributed by atoms with Crippen LogP contribution in [0, 0.1) is 139 Å². The molecular formula is C88H133N7O14S. The fraction of sp³-hybridized carbons (Fsp3) is 0.841. The van der Waals surface area contributed by atoms with Gasteiger partial charge in [-0.15, -0.1) is 5.10 Å². The van der Waals surface area contributed by atoms with Crippen molar-refractivity contribution in [2.45, 2.75) is 302 Å². The normalized spacial score (nSPS) is 48.4. The third-order valence-corrected chi connectivity index (χ3v) is 37.1. The molecule has 23 fully saturated rings. The molecule has 1 aromatic heterocycles. The predicted molar refractivity (Wildman–Crippen MR) is 417 cm³/mol. The summed E-state index contributed by atoms with van der Waals surface area (Å²) in [5.41, 5.74) is -0.508. The highest BCUT2D eigenvalue weighted by Gasteiger charge is 2.70. The molecule has 11 saturated heterocycles. The number of aliphatic hydroxyl groups is 6. The Morgan fingerprint density at radius 3 is 1.26 bits per heavy atom. The highest BCUT2D eigenvalue weighted by Crippen LogP contribution is 2.72. The van der Waals surface area contributed by atoms with E-state index < -0.39 is 65.4 Å². The molecule has 22 heteroatoms. The summed E-state index contributed by atoms with van der Waals surface area (Å²) in [5.74, 6) is 1.01. The zero-order chi connectivity index (χ0) is 78.2. The largest absolute Gasteiger partial charge is 0.465 e. The second-order valence-electron chi connectivity index (χ2n) is 40.4. The smallest absolute Gasteiger partial charge is 0.340 e. The molecular weight excluding hydrogens is 1410 g/mol. The minimum atomic E-state index is -0.963. The van der Waals surface area contributed by atoms with Gasteiger partial charge in [0.2, 0.25) is 23.6 Å². The lowest BCUT2D eigenvalue weighted by Crippen LogP contribution is -2.63. The third kappa shape index (κ3) is 13.6. The van der Waals surface area contributed by atoms with E-state index in [4.69, 9.17) is 9.47 Å². The maximum absolute atomic E-state index is 15.1. The number of thioether (sulfide) groups is 1. The lowest BCUT2D eigenvalue weighted by molar-refractivity contribution is -0.202. The number of carbonyl (C=O) groups excluding carboxylic acids is 6. The number of hydrogen-bond donors (Lipinski definition) is 10. The number of esters is 2. The number of benzene rings is 1. The Balaban J connectivity index is 0.666. The first-order valence-electron chi connectivity index (χ1n) is 43.3. The zero-order valence-corrected chi connectivity index (χ0v) is 68.5. The van der Waals surface area contributed by atoms with E-state index in [1.807, 2.05) is 0 Å². The quantitative estimate of drug-likeness (QED) is 0.115. The third-order valence-electron chi connectivity index (χ3n) is 36.1. The minimum Gasteiger partial charge on any atom is -0.465 e. The van der Waals surface area contributed by atoms with Crippen LogP contribution in [0.3, 0.4) is 0 Å². The van der Waals surface area contributed by atoms with E-state index in [0.29, 0.717) is 82.7 Å². The molecule has 11 aliphatic heterocycles. The van der Waals surface area contributed by atoms with Crippen molar-refractivity contribution >= 4 is 47.3 Å². The molecule has 2 aromatic rings. The fourth-order valence-corrected chi connectivity index (χ4v) is 31.0. The molecule has 10 N–H and O–H groups in total. The second-order valence-corrected chi connectivity index (χ2v) is 41.4. The highest BCUT2D eigenvalue weighted by molar-refractivity contribution is 7.98. The van der Waals surface area contributed by atoms with Crippen molar-refractivity contribution in [3.63, 3.8) is 0 Å². The number of hydrogen-bond acceptors (Lipinski definition) is 17. The molecule has 12 heterocycles. The second kappa shape index (κ2) is 30.7. The van der Waals surface area contributed by atoms with E-state index in [2.05, 4.69) is 93.9 Å². The first-order valence-corrected chi connectivity index (χ1v) is 44.5. The number of ether oxygens (including phenoxy) is 2. The molecule has 4 amide bonds. The van der Waals surface area contributed by atoms with E-state index in [1.165, 1.54) is 48.9 Å². The molecule has 21 nitrogen and oxygen atoms in total. The van der Waals surface area contributed by atoms with Crippen molar-refractivity contribution in [2.75, 3.05) is 20.0 Å². The summed E-state index contributed by atoms with van der Waals surface area (Å²) in [6.07, 6.45) is 17.8. The van der Waals surface area contributed by atoms with Gasteiger partial charge in [0.25, 0.3) is 0 Å². The van der Waals surface area contributed by atoms with Crippen molar-refractivity contribution in [1.29, 1.82) is 0 Å². The zero-order valence-electron chi connectivity index (χ0n) is 67.7. The van der Waals surface area contributed by atoms with Gasteiger partial charge in [0.05, 0.1) is 79.5 Å². The molecule has 0 spiro atoms. The first kappa shape index (κ1) is 80.5. The Labute approximate surface area is 657 Å². The van der Waals surface area contributed by atoms with Gasteiger partial charge in [0.15, 0.2) is 0 Å². The number of methoxy groups -OCH3 is 2. The number of aromatic nitrogens is 3. The molecule has 0 radical (unpaired) electrons. The number of nitrogens with one attached hydrogen (secondary N) is 4. The first-order chi connectivity index (χ1) is 52.3. The Morgan fingerprint density at radius 1 is 0.482 bits per heavy atom. The molecule has 110 heavy (non-hydrogen) atoms. The van der Waals surface area contributed by atoms with Crippen molar-refractivity contribution in [3.8, 4) is 5.69 Å². The average Bonchev–Trinajstić information content (AvgIpc) is 1.21. The Morgan fingerprint density at radius 2 is 0.864 bits per heavy atom. The number of carbonyl (C=O) groups is 6. The van der Waals surface area contributed by atoms with Gasteiger partial charge in [-0.05, 0) is 311 Å². The van der Waals surface area contributed by atoms with Crippen molar-refractivity contribution < 1.29 is 68.9 Å². The lowest BCUT2D eigenvalue weighted by Gasteiger charge is -2.64. The summed E-state index contributed by atoms with van der Waals surface area (Å²) in [4.78, 5) is 84.1. The van der Waals surface area contributed by atoms with E-state index in [-0.39, 0.29) is 205 Å². The van der Waals surface area contributed by atoms with Gasteiger partial charge in [-0.3, -0.25) is 19.2 Å². The minimum absolute atomic E-state index is 0.000357. The molecule has 23 aliphatic rings. The summed E-state index contributed by atoms with van der Waals surface area (Å²) >= 11 is 1.39. The van der Waals surface area contributed by atoms with Crippen LogP contribution < -0.4 is 21.3 Å². The van der Waals surface area contributed by atoms with Crippen molar-refractivity contribution in [2.24, 2.45) is 139 Å². The molecule has 12 saturated carbocycles. The van der Waals surface area contributed by atoms with Crippen LogP contribution in [-0.4, -0.2) is 162 Å². The molecule has 25 rings (SSSR count). The molecule has 12 aliphatic carbocycles. The van der Waals surface area contributed by atoms with E-state index in [9.17, 15) is 54.6 Å². The topological polar surface area (TPSA) is 321 Å². The molecule has 610 valence electrons. The molecule has 0 unspecified atom stereocenters.